The molecule has 2 aliphatic rings. The zero-order valence-electron chi connectivity index (χ0n) is 10.1. The Kier molecular flexibility index (Phi) is 3.38. The van der Waals surface area contributed by atoms with Crippen molar-refractivity contribution in [1.29, 1.82) is 0 Å². The Balaban J connectivity index is 1.96. The molecule has 1 N–H and O–H groups in total. The number of alkyl halides is 2. The van der Waals surface area contributed by atoms with Crippen molar-refractivity contribution >= 4 is 17.7 Å². The molecule has 2 fully saturated rings. The van der Waals surface area contributed by atoms with Crippen LogP contribution in [0.15, 0.2) is 0 Å². The van der Waals surface area contributed by atoms with Gasteiger partial charge in [-0.1, -0.05) is 0 Å². The number of carbonyl (C=O) groups excluding carboxylic acids is 1. The third-order valence-corrected chi connectivity index (χ3v) is 4.44. The van der Waals surface area contributed by atoms with Gasteiger partial charge in [0, 0.05) is 30.0 Å². The van der Waals surface area contributed by atoms with Crippen LogP contribution < -0.4 is 5.32 Å². The summed E-state index contributed by atoms with van der Waals surface area (Å²) in [4.78, 5) is 13.8. The van der Waals surface area contributed by atoms with E-state index in [1.54, 1.807) is 4.90 Å². The normalized spacial score (nSPS) is 31.5. The minimum absolute atomic E-state index is 0.0228. The second-order valence-electron chi connectivity index (χ2n) is 5.36. The number of hydrogen-bond acceptors (Lipinski definition) is 3. The zero-order valence-corrected chi connectivity index (χ0v) is 10.9. The van der Waals surface area contributed by atoms with E-state index in [0.717, 1.165) is 5.75 Å². The molecule has 1 amide bonds. The molecule has 0 spiro atoms. The third-order valence-electron chi connectivity index (χ3n) is 3.15. The van der Waals surface area contributed by atoms with Gasteiger partial charge in [-0.2, -0.15) is 11.8 Å². The Morgan fingerprint density at radius 1 is 1.47 bits per heavy atom. The first kappa shape index (κ1) is 13.1. The van der Waals surface area contributed by atoms with E-state index in [4.69, 9.17) is 0 Å². The fourth-order valence-electron chi connectivity index (χ4n) is 2.32. The largest absolute Gasteiger partial charge is 0.339 e. The monoisotopic (exact) mass is 264 g/mol. The first-order chi connectivity index (χ1) is 7.79. The molecule has 0 saturated carbocycles. The predicted molar refractivity (Wildman–Crippen MR) is 64.5 cm³/mol. The summed E-state index contributed by atoms with van der Waals surface area (Å²) < 4.78 is 26.1. The van der Waals surface area contributed by atoms with E-state index in [0.29, 0.717) is 13.1 Å². The third kappa shape index (κ3) is 3.10. The molecular weight excluding hydrogens is 246 g/mol. The number of carbonyl (C=O) groups is 1. The van der Waals surface area contributed by atoms with Gasteiger partial charge in [-0.05, 0) is 13.8 Å². The molecule has 0 radical (unpaired) electrons. The summed E-state index contributed by atoms with van der Waals surface area (Å²) in [6.07, 6.45) is -0.365. The lowest BCUT2D eigenvalue weighted by atomic mass is 10.1. The topological polar surface area (TPSA) is 32.3 Å². The van der Waals surface area contributed by atoms with Crippen LogP contribution in [0.25, 0.3) is 0 Å². The van der Waals surface area contributed by atoms with E-state index in [1.807, 2.05) is 11.8 Å². The van der Waals surface area contributed by atoms with Gasteiger partial charge in [-0.25, -0.2) is 8.78 Å². The fraction of sp³-hybridized carbons (Fsp3) is 0.909. The van der Waals surface area contributed by atoms with Crippen LogP contribution in [0.2, 0.25) is 0 Å². The molecule has 6 heteroatoms. The van der Waals surface area contributed by atoms with Gasteiger partial charge in [0.15, 0.2) is 0 Å². The van der Waals surface area contributed by atoms with Gasteiger partial charge in [-0.3, -0.25) is 10.1 Å². The van der Waals surface area contributed by atoms with E-state index < -0.39 is 12.0 Å². The second-order valence-corrected chi connectivity index (χ2v) is 7.16. The maximum Gasteiger partial charge on any atom is 0.262 e. The smallest absolute Gasteiger partial charge is 0.262 e. The van der Waals surface area contributed by atoms with Gasteiger partial charge in [0.2, 0.25) is 5.91 Å². The van der Waals surface area contributed by atoms with Crippen LogP contribution in [0.4, 0.5) is 8.78 Å². The zero-order chi connectivity index (χ0) is 12.7. The van der Waals surface area contributed by atoms with Crippen molar-refractivity contribution in [1.82, 2.24) is 10.2 Å². The van der Waals surface area contributed by atoms with E-state index >= 15 is 0 Å². The molecule has 2 aliphatic heterocycles. The molecule has 0 aromatic heterocycles. The average Bonchev–Trinajstić information content (AvgIpc) is 2.56. The summed E-state index contributed by atoms with van der Waals surface area (Å²) in [7, 11) is 0. The van der Waals surface area contributed by atoms with Crippen LogP contribution in [0.3, 0.4) is 0 Å². The van der Waals surface area contributed by atoms with Crippen LogP contribution in [0.1, 0.15) is 20.3 Å². The summed E-state index contributed by atoms with van der Waals surface area (Å²) in [5, 5.41) is 2.62. The number of thioether (sulfide) groups is 1. The molecule has 0 aromatic rings. The van der Waals surface area contributed by atoms with Crippen LogP contribution in [0, 0.1) is 0 Å². The summed E-state index contributed by atoms with van der Waals surface area (Å²) in [5.74, 6) is -2.03. The second kappa shape index (κ2) is 4.39. The summed E-state index contributed by atoms with van der Waals surface area (Å²) >= 11 is 1.82. The van der Waals surface area contributed by atoms with Crippen molar-refractivity contribution < 1.29 is 13.6 Å². The van der Waals surface area contributed by atoms with Gasteiger partial charge in [0.25, 0.3) is 5.92 Å². The van der Waals surface area contributed by atoms with Crippen LogP contribution in [-0.4, -0.2) is 52.9 Å². The van der Waals surface area contributed by atoms with Gasteiger partial charge in [-0.15, -0.1) is 0 Å². The highest BCUT2D eigenvalue weighted by Crippen LogP contribution is 2.31. The molecule has 2 heterocycles. The van der Waals surface area contributed by atoms with Crippen LogP contribution in [-0.2, 0) is 4.79 Å². The van der Waals surface area contributed by atoms with Crippen molar-refractivity contribution in [2.45, 2.75) is 37.0 Å². The minimum Gasteiger partial charge on any atom is -0.339 e. The summed E-state index contributed by atoms with van der Waals surface area (Å²) in [6.45, 7) is 5.08. The number of rotatable bonds is 1. The highest BCUT2D eigenvalue weighted by Gasteiger charge is 2.44. The Morgan fingerprint density at radius 3 is 2.71 bits per heavy atom. The lowest BCUT2D eigenvalue weighted by molar-refractivity contribution is -0.134. The molecule has 2 saturated heterocycles. The Bertz CT molecular complexity index is 323. The average molecular weight is 264 g/mol. The maximum absolute atomic E-state index is 13.0. The summed E-state index contributed by atoms with van der Waals surface area (Å²) in [5.41, 5.74) is 0. The minimum atomic E-state index is -2.74. The molecule has 98 valence electrons. The van der Waals surface area contributed by atoms with E-state index in [-0.39, 0.29) is 23.6 Å². The van der Waals surface area contributed by atoms with Gasteiger partial charge in [0.05, 0.1) is 12.6 Å². The number of nitrogens with zero attached hydrogens (tertiary/aromatic N) is 1. The predicted octanol–water partition coefficient (Wildman–Crippen LogP) is 1.34. The molecule has 1 atom stereocenters. The molecule has 1 unspecified atom stereocenters. The SMILES string of the molecule is CC1(C)CN(C(=O)C2CC(F)(F)CN2)CCS1. The quantitative estimate of drug-likeness (QED) is 0.775. The standard InChI is InChI=1S/C11H18F2N2OS/c1-10(2)7-15(3-4-17-10)9(16)8-5-11(12,13)6-14-8/h8,14H,3-7H2,1-2H3. The van der Waals surface area contributed by atoms with Crippen molar-refractivity contribution in [2.24, 2.45) is 0 Å². The lowest BCUT2D eigenvalue weighted by Crippen LogP contribution is -2.51. The Hall–Kier alpha value is -0.360. The molecule has 0 aliphatic carbocycles. The molecule has 17 heavy (non-hydrogen) atoms. The van der Waals surface area contributed by atoms with E-state index in [1.165, 1.54) is 0 Å². The molecular formula is C11H18F2N2OS. The molecule has 0 bridgehead atoms. The number of halogens is 2. The van der Waals surface area contributed by atoms with Crippen molar-refractivity contribution in [3.05, 3.63) is 0 Å². The van der Waals surface area contributed by atoms with Gasteiger partial charge in [0.1, 0.15) is 0 Å². The first-order valence-corrected chi connectivity index (χ1v) is 6.82. The highest BCUT2D eigenvalue weighted by atomic mass is 32.2. The Morgan fingerprint density at radius 2 is 2.18 bits per heavy atom. The Labute approximate surface area is 104 Å². The van der Waals surface area contributed by atoms with E-state index in [9.17, 15) is 13.6 Å². The molecule has 0 aromatic carbocycles. The summed E-state index contributed by atoms with van der Waals surface area (Å²) in [6, 6.07) is -0.705. The van der Waals surface area contributed by atoms with Crippen LogP contribution >= 0.6 is 11.8 Å². The van der Waals surface area contributed by atoms with E-state index in [2.05, 4.69) is 19.2 Å². The maximum atomic E-state index is 13.0. The van der Waals surface area contributed by atoms with Crippen molar-refractivity contribution in [2.75, 3.05) is 25.4 Å². The fourth-order valence-corrected chi connectivity index (χ4v) is 3.43. The molecule has 2 rings (SSSR count). The molecule has 3 nitrogen and oxygen atoms in total. The van der Waals surface area contributed by atoms with Gasteiger partial charge < -0.3 is 4.90 Å². The van der Waals surface area contributed by atoms with Crippen molar-refractivity contribution in [3.63, 3.8) is 0 Å². The first-order valence-electron chi connectivity index (χ1n) is 5.83. The van der Waals surface area contributed by atoms with Gasteiger partial charge >= 0.3 is 0 Å². The number of nitrogens with one attached hydrogen (secondary N) is 1. The van der Waals surface area contributed by atoms with Crippen LogP contribution in [0.5, 0.6) is 0 Å². The highest BCUT2D eigenvalue weighted by molar-refractivity contribution is 8.00. The lowest BCUT2D eigenvalue weighted by Gasteiger charge is -2.38. The van der Waals surface area contributed by atoms with Crippen molar-refractivity contribution in [3.8, 4) is 0 Å². The number of amides is 1. The number of hydrogen-bond donors (Lipinski definition) is 1.